The van der Waals surface area contributed by atoms with Crippen LogP contribution in [-0.4, -0.2) is 89.7 Å². The summed E-state index contributed by atoms with van der Waals surface area (Å²) >= 11 is 3.44. The molecule has 328 valence electrons. The number of nitrogens with zero attached hydrogens (tertiary/aromatic N) is 5. The topological polar surface area (TPSA) is 96.8 Å². The molecule has 6 aromatic rings. The van der Waals surface area contributed by atoms with Crippen LogP contribution in [0.25, 0.3) is 11.3 Å². The maximum Gasteiger partial charge on any atom is 0.415 e. The number of fused-ring (bicyclic) bond motifs is 2. The Labute approximate surface area is 382 Å². The van der Waals surface area contributed by atoms with Crippen LogP contribution >= 0.6 is 15.9 Å². The summed E-state index contributed by atoms with van der Waals surface area (Å²) in [4.78, 5) is 51.2. The fourth-order valence-corrected chi connectivity index (χ4v) is 9.29. The van der Waals surface area contributed by atoms with Crippen molar-refractivity contribution in [3.63, 3.8) is 0 Å². The molecule has 9 rings (SSSR count). The molecular formula is C52H52BrN5O6. The minimum Gasteiger partial charge on any atom is -0.489 e. The molecule has 1 aromatic heterocycles. The zero-order valence-electron chi connectivity index (χ0n) is 36.5. The summed E-state index contributed by atoms with van der Waals surface area (Å²) in [5.41, 5.74) is 9.52. The highest BCUT2D eigenvalue weighted by Gasteiger charge is 2.35. The molecule has 1 atom stereocenters. The summed E-state index contributed by atoms with van der Waals surface area (Å²) in [7, 11) is 3.73. The Hall–Kier alpha value is -6.21. The Morgan fingerprint density at radius 2 is 1.47 bits per heavy atom. The van der Waals surface area contributed by atoms with Gasteiger partial charge in [0.2, 0.25) is 0 Å². The molecule has 0 unspecified atom stereocenters. The number of amides is 3. The third-order valence-electron chi connectivity index (χ3n) is 12.9. The number of rotatable bonds is 10. The highest BCUT2D eigenvalue weighted by molar-refractivity contribution is 9.10. The maximum absolute atomic E-state index is 15.5. The number of carbonyl (C=O) groups excluding carboxylic acids is 3. The van der Waals surface area contributed by atoms with Crippen LogP contribution in [0, 0.1) is 6.92 Å². The molecule has 5 aromatic carbocycles. The molecule has 0 aliphatic carbocycles. The van der Waals surface area contributed by atoms with Gasteiger partial charge in [0.15, 0.2) is 0 Å². The van der Waals surface area contributed by atoms with Crippen molar-refractivity contribution < 1.29 is 28.6 Å². The number of halogens is 1. The molecule has 0 saturated carbocycles. The number of benzene rings is 5. The minimum absolute atomic E-state index is 0.0715. The molecule has 3 amide bonds. The van der Waals surface area contributed by atoms with Crippen LogP contribution in [0.5, 0.6) is 11.5 Å². The van der Waals surface area contributed by atoms with Crippen molar-refractivity contribution in [1.29, 1.82) is 0 Å². The average molecular weight is 923 g/mol. The highest BCUT2D eigenvalue weighted by atomic mass is 79.9. The molecular weight excluding hydrogens is 871 g/mol. The fraction of sp³-hybridized carbons (Fsp3) is 0.288. The summed E-state index contributed by atoms with van der Waals surface area (Å²) in [6, 6.07) is 39.0. The Bertz CT molecular complexity index is 2660. The van der Waals surface area contributed by atoms with E-state index in [1.165, 1.54) is 5.56 Å². The van der Waals surface area contributed by atoms with Crippen LogP contribution in [0.2, 0.25) is 0 Å². The lowest BCUT2D eigenvalue weighted by molar-refractivity contribution is 0.0193. The minimum atomic E-state index is -0.442. The predicted octanol–water partition coefficient (Wildman–Crippen LogP) is 9.08. The Morgan fingerprint density at radius 1 is 0.766 bits per heavy atom. The van der Waals surface area contributed by atoms with Gasteiger partial charge >= 0.3 is 6.09 Å². The van der Waals surface area contributed by atoms with Crippen LogP contribution in [0.15, 0.2) is 126 Å². The van der Waals surface area contributed by atoms with Gasteiger partial charge in [0.25, 0.3) is 11.8 Å². The van der Waals surface area contributed by atoms with Crippen molar-refractivity contribution in [3.05, 3.63) is 170 Å². The van der Waals surface area contributed by atoms with E-state index in [-0.39, 0.29) is 17.9 Å². The summed E-state index contributed by atoms with van der Waals surface area (Å²) in [5.74, 6) is 0.923. The van der Waals surface area contributed by atoms with Crippen molar-refractivity contribution in [2.75, 3.05) is 51.3 Å². The van der Waals surface area contributed by atoms with Gasteiger partial charge in [-0.15, -0.1) is 0 Å². The van der Waals surface area contributed by atoms with E-state index in [4.69, 9.17) is 14.2 Å². The first-order valence-electron chi connectivity index (χ1n) is 21.9. The smallest absolute Gasteiger partial charge is 0.415 e. The summed E-state index contributed by atoms with van der Waals surface area (Å²) in [6.45, 7) is 7.32. The molecule has 1 fully saturated rings. The van der Waals surface area contributed by atoms with Gasteiger partial charge in [-0.05, 0) is 114 Å². The van der Waals surface area contributed by atoms with E-state index in [1.54, 1.807) is 29.0 Å². The third-order valence-corrected chi connectivity index (χ3v) is 13.4. The number of hydrogen-bond donors (Lipinski definition) is 0. The first-order chi connectivity index (χ1) is 31.1. The van der Waals surface area contributed by atoms with E-state index < -0.39 is 6.09 Å². The molecule has 64 heavy (non-hydrogen) atoms. The number of aromatic nitrogens is 1. The maximum atomic E-state index is 15.5. The number of hydrogen-bond acceptors (Lipinski definition) is 7. The molecule has 0 bridgehead atoms. The normalized spacial score (nSPS) is 16.2. The van der Waals surface area contributed by atoms with Crippen molar-refractivity contribution >= 4 is 39.5 Å². The van der Waals surface area contributed by atoms with Gasteiger partial charge in [-0.1, -0.05) is 70.5 Å². The zero-order chi connectivity index (χ0) is 44.3. The number of morpholine rings is 1. The lowest BCUT2D eigenvalue weighted by atomic mass is 9.89. The average Bonchev–Trinajstić information content (AvgIpc) is 3.63. The zero-order valence-corrected chi connectivity index (χ0v) is 38.1. The van der Waals surface area contributed by atoms with Gasteiger partial charge in [0, 0.05) is 92.1 Å². The van der Waals surface area contributed by atoms with Gasteiger partial charge in [-0.25, -0.2) is 4.79 Å². The van der Waals surface area contributed by atoms with Gasteiger partial charge < -0.3 is 33.5 Å². The molecule has 0 spiro atoms. The van der Waals surface area contributed by atoms with E-state index in [9.17, 15) is 9.59 Å². The lowest BCUT2D eigenvalue weighted by Gasteiger charge is -2.41. The van der Waals surface area contributed by atoms with E-state index in [0.29, 0.717) is 68.5 Å². The van der Waals surface area contributed by atoms with Crippen LogP contribution in [0.1, 0.15) is 54.2 Å². The number of ether oxygens (including phenoxy) is 3. The second kappa shape index (κ2) is 18.9. The molecule has 3 aliphatic rings. The molecule has 11 nitrogen and oxygen atoms in total. The van der Waals surface area contributed by atoms with E-state index in [2.05, 4.69) is 45.1 Å². The standard InChI is InChI=1S/C52H52BrN5O6/c1-35-46(50(59)55(3)42-15-19-44(20-16-42)63-34-36-9-5-4-6-10-36)30-49(54(35)2)47-28-38-21-22-57(52(61)64-45-17-13-41(53)14-18-45)31-40(38)29-48(47)51(60)58-32-39-12-8-7-11-37(39)27-43(58)33-56-23-25-62-26-24-56/h4-20,28-30,43H,21-27,31-34H2,1-3H3/t43-/m0/s1. The number of carbonyl (C=O) groups is 3. The monoisotopic (exact) mass is 921 g/mol. The molecule has 1 saturated heterocycles. The Balaban J connectivity index is 1.04. The SMILES string of the molecule is Cc1c(C(=O)N(C)c2ccc(OCc3ccccc3)cc2)cc(-c2cc3c(cc2C(=O)N2Cc4ccccc4C[C@H]2CN2CCOCC2)CN(C(=O)Oc2ccc(Br)cc2)CC3)n1C. The second-order valence-electron chi connectivity index (χ2n) is 16.9. The molecule has 0 N–H and O–H groups in total. The van der Waals surface area contributed by atoms with Gasteiger partial charge in [-0.2, -0.15) is 0 Å². The van der Waals surface area contributed by atoms with E-state index >= 15 is 4.79 Å². The predicted molar refractivity (Wildman–Crippen MR) is 251 cm³/mol. The van der Waals surface area contributed by atoms with Gasteiger partial charge in [-0.3, -0.25) is 14.5 Å². The summed E-state index contributed by atoms with van der Waals surface area (Å²) < 4.78 is 20.4. The summed E-state index contributed by atoms with van der Waals surface area (Å²) in [6.07, 6.45) is 0.873. The highest BCUT2D eigenvalue weighted by Crippen LogP contribution is 2.36. The quantitative estimate of drug-likeness (QED) is 0.135. The van der Waals surface area contributed by atoms with Crippen LogP contribution in [0.4, 0.5) is 10.5 Å². The first-order valence-corrected chi connectivity index (χ1v) is 22.7. The van der Waals surface area contributed by atoms with E-state index in [1.807, 2.05) is 108 Å². The molecule has 3 aliphatic heterocycles. The summed E-state index contributed by atoms with van der Waals surface area (Å²) in [5, 5.41) is 0. The third kappa shape index (κ3) is 9.22. The number of anilines is 1. The molecule has 0 radical (unpaired) electrons. The van der Waals surface area contributed by atoms with Gasteiger partial charge in [0.05, 0.1) is 18.8 Å². The van der Waals surface area contributed by atoms with E-state index in [0.717, 1.165) is 75.4 Å². The lowest BCUT2D eigenvalue weighted by Crippen LogP contribution is -2.52. The van der Waals surface area contributed by atoms with Crippen molar-refractivity contribution in [2.45, 2.75) is 45.5 Å². The second-order valence-corrected chi connectivity index (χ2v) is 17.8. The van der Waals surface area contributed by atoms with Crippen LogP contribution in [-0.2, 0) is 44.3 Å². The molecule has 12 heteroatoms. The van der Waals surface area contributed by atoms with Crippen molar-refractivity contribution in [3.8, 4) is 22.8 Å². The van der Waals surface area contributed by atoms with Gasteiger partial charge in [0.1, 0.15) is 18.1 Å². The fourth-order valence-electron chi connectivity index (χ4n) is 9.03. The Morgan fingerprint density at radius 3 is 2.22 bits per heavy atom. The van der Waals surface area contributed by atoms with Crippen molar-refractivity contribution in [1.82, 2.24) is 19.3 Å². The van der Waals surface area contributed by atoms with Crippen LogP contribution in [0.3, 0.4) is 0 Å². The van der Waals surface area contributed by atoms with Crippen LogP contribution < -0.4 is 14.4 Å². The largest absolute Gasteiger partial charge is 0.489 e. The Kier molecular flexibility index (Phi) is 12.7. The van der Waals surface area contributed by atoms with Crippen molar-refractivity contribution in [2.24, 2.45) is 7.05 Å². The first kappa shape index (κ1) is 43.1. The molecule has 4 heterocycles.